The lowest BCUT2D eigenvalue weighted by atomic mass is 9.91. The average molecular weight is 347 g/mol. The van der Waals surface area contributed by atoms with E-state index in [0.717, 1.165) is 6.42 Å². The number of aryl methyl sites for hydroxylation is 1. The van der Waals surface area contributed by atoms with Gasteiger partial charge in [0.15, 0.2) is 0 Å². The molecule has 25 heavy (non-hydrogen) atoms. The van der Waals surface area contributed by atoms with Crippen molar-refractivity contribution in [2.75, 3.05) is 26.8 Å². The predicted molar refractivity (Wildman–Crippen MR) is 93.7 cm³/mol. The van der Waals surface area contributed by atoms with Crippen molar-refractivity contribution < 1.29 is 13.9 Å². The summed E-state index contributed by atoms with van der Waals surface area (Å²) < 4.78 is 12.1. The van der Waals surface area contributed by atoms with Gasteiger partial charge in [-0.05, 0) is 25.2 Å². The molecule has 1 saturated heterocycles. The van der Waals surface area contributed by atoms with Crippen LogP contribution in [0.3, 0.4) is 0 Å². The third kappa shape index (κ3) is 3.33. The fourth-order valence-corrected chi connectivity index (χ4v) is 3.73. The van der Waals surface area contributed by atoms with Gasteiger partial charge < -0.3 is 14.1 Å². The van der Waals surface area contributed by atoms with Crippen LogP contribution in [0.1, 0.15) is 36.4 Å². The third-order valence-corrected chi connectivity index (χ3v) is 4.76. The first-order chi connectivity index (χ1) is 11.9. The maximum atomic E-state index is 13.1. The Balaban J connectivity index is 2.04. The molecule has 0 aliphatic carbocycles. The molecule has 1 aliphatic heterocycles. The van der Waals surface area contributed by atoms with Crippen LogP contribution in [0, 0.1) is 18.8 Å². The van der Waals surface area contributed by atoms with Gasteiger partial charge in [0.1, 0.15) is 17.5 Å². The number of methoxy groups -OCH3 is 1. The molecule has 0 aromatic carbocycles. The lowest BCUT2D eigenvalue weighted by Crippen LogP contribution is -2.43. The Hall–Kier alpha value is -2.15. The minimum Gasteiger partial charge on any atom is -0.442 e. The van der Waals surface area contributed by atoms with Gasteiger partial charge in [0, 0.05) is 20.2 Å². The lowest BCUT2D eigenvalue weighted by Gasteiger charge is -2.34. The van der Waals surface area contributed by atoms with E-state index in [0.29, 0.717) is 49.4 Å². The zero-order chi connectivity index (χ0) is 18.1. The molecule has 0 saturated carbocycles. The lowest BCUT2D eigenvalue weighted by molar-refractivity contribution is 0.0623. The summed E-state index contributed by atoms with van der Waals surface area (Å²) in [6.45, 7) is 8.19. The van der Waals surface area contributed by atoms with E-state index in [1.54, 1.807) is 14.0 Å². The maximum Gasteiger partial charge on any atom is 0.265 e. The van der Waals surface area contributed by atoms with Crippen molar-refractivity contribution in [1.82, 2.24) is 14.5 Å². The van der Waals surface area contributed by atoms with Gasteiger partial charge >= 0.3 is 0 Å². The highest BCUT2D eigenvalue weighted by Crippen LogP contribution is 2.27. The number of hydrogen-bond acceptors (Lipinski definition) is 5. The van der Waals surface area contributed by atoms with E-state index >= 15 is 0 Å². The van der Waals surface area contributed by atoms with Crippen LogP contribution in [0.5, 0.6) is 0 Å². The highest BCUT2D eigenvalue weighted by Gasteiger charge is 2.31. The van der Waals surface area contributed by atoms with E-state index in [4.69, 9.17) is 9.15 Å². The molecule has 7 heteroatoms. The number of amides is 1. The minimum absolute atomic E-state index is 0.141. The molecule has 0 bridgehead atoms. The van der Waals surface area contributed by atoms with Gasteiger partial charge in [0.2, 0.25) is 5.71 Å². The van der Waals surface area contributed by atoms with Crippen LogP contribution in [0.2, 0.25) is 0 Å². The molecule has 2 unspecified atom stereocenters. The van der Waals surface area contributed by atoms with Crippen molar-refractivity contribution >= 4 is 17.0 Å². The largest absolute Gasteiger partial charge is 0.442 e. The van der Waals surface area contributed by atoms with Crippen LogP contribution in [0.25, 0.3) is 11.1 Å². The molecular formula is C18H25N3O4. The van der Waals surface area contributed by atoms with Gasteiger partial charge in [-0.25, -0.2) is 4.98 Å². The average Bonchev–Trinajstić information content (AvgIpc) is 2.89. The number of hydrogen-bond donors (Lipinski definition) is 0. The SMILES string of the molecule is COCCn1cnc2oc(C)c(C(=O)N3CC(C)CC(C)C3)c2c1=O. The summed E-state index contributed by atoms with van der Waals surface area (Å²) in [7, 11) is 1.58. The maximum absolute atomic E-state index is 13.1. The van der Waals surface area contributed by atoms with E-state index < -0.39 is 0 Å². The number of rotatable bonds is 4. The van der Waals surface area contributed by atoms with Gasteiger partial charge in [-0.15, -0.1) is 0 Å². The van der Waals surface area contributed by atoms with Crippen molar-refractivity contribution in [2.45, 2.75) is 33.7 Å². The van der Waals surface area contributed by atoms with Gasteiger partial charge in [0.05, 0.1) is 18.7 Å². The van der Waals surface area contributed by atoms with Crippen LogP contribution in [-0.4, -0.2) is 47.2 Å². The monoisotopic (exact) mass is 347 g/mol. The number of ether oxygens (including phenoxy) is 1. The number of aromatic nitrogens is 2. The molecule has 1 aliphatic rings. The molecule has 1 fully saturated rings. The fraction of sp³-hybridized carbons (Fsp3) is 0.611. The van der Waals surface area contributed by atoms with E-state index in [-0.39, 0.29) is 22.6 Å². The van der Waals surface area contributed by atoms with E-state index in [2.05, 4.69) is 18.8 Å². The number of carbonyl (C=O) groups is 1. The van der Waals surface area contributed by atoms with Gasteiger partial charge in [-0.1, -0.05) is 13.8 Å². The molecule has 136 valence electrons. The van der Waals surface area contributed by atoms with Gasteiger partial charge in [-0.3, -0.25) is 14.2 Å². The first kappa shape index (κ1) is 17.7. The quantitative estimate of drug-likeness (QED) is 0.846. The predicted octanol–water partition coefficient (Wildman–Crippen LogP) is 2.06. The summed E-state index contributed by atoms with van der Waals surface area (Å²) in [5.41, 5.74) is 0.304. The second-order valence-corrected chi connectivity index (χ2v) is 7.11. The Labute approximate surface area is 146 Å². The Morgan fingerprint density at radius 2 is 2.04 bits per heavy atom. The normalized spacial score (nSPS) is 21.0. The van der Waals surface area contributed by atoms with Crippen LogP contribution in [0.15, 0.2) is 15.5 Å². The van der Waals surface area contributed by atoms with Crippen molar-refractivity contribution in [2.24, 2.45) is 11.8 Å². The number of nitrogens with zero attached hydrogens (tertiary/aromatic N) is 3. The topological polar surface area (TPSA) is 77.6 Å². The summed E-state index contributed by atoms with van der Waals surface area (Å²) in [6, 6.07) is 0. The molecule has 1 amide bonds. The Morgan fingerprint density at radius 3 is 2.68 bits per heavy atom. The number of fused-ring (bicyclic) bond motifs is 1. The second-order valence-electron chi connectivity index (χ2n) is 7.11. The minimum atomic E-state index is -0.264. The van der Waals surface area contributed by atoms with E-state index in [1.165, 1.54) is 10.9 Å². The Bertz CT molecular complexity index is 829. The molecule has 3 rings (SSSR count). The summed E-state index contributed by atoms with van der Waals surface area (Å²) in [5, 5.41) is 0.270. The van der Waals surface area contributed by atoms with E-state index in [9.17, 15) is 9.59 Å². The molecule has 2 aromatic rings. The van der Waals surface area contributed by atoms with Crippen LogP contribution in [-0.2, 0) is 11.3 Å². The molecular weight excluding hydrogens is 322 g/mol. The highest BCUT2D eigenvalue weighted by atomic mass is 16.5. The highest BCUT2D eigenvalue weighted by molar-refractivity contribution is 6.06. The smallest absolute Gasteiger partial charge is 0.265 e. The number of piperidine rings is 1. The van der Waals surface area contributed by atoms with Crippen molar-refractivity contribution in [3.05, 3.63) is 28.0 Å². The van der Waals surface area contributed by atoms with Crippen LogP contribution < -0.4 is 5.56 Å². The molecule has 0 radical (unpaired) electrons. The van der Waals surface area contributed by atoms with Crippen molar-refractivity contribution in [1.29, 1.82) is 0 Å². The van der Waals surface area contributed by atoms with Gasteiger partial charge in [0.25, 0.3) is 11.5 Å². The molecule has 0 N–H and O–H groups in total. The Morgan fingerprint density at radius 1 is 1.36 bits per heavy atom. The van der Waals surface area contributed by atoms with Crippen LogP contribution >= 0.6 is 0 Å². The number of likely N-dealkylation sites (tertiary alicyclic amines) is 1. The third-order valence-electron chi connectivity index (χ3n) is 4.76. The Kier molecular flexibility index (Phi) is 4.94. The van der Waals surface area contributed by atoms with Crippen molar-refractivity contribution in [3.8, 4) is 0 Å². The van der Waals surface area contributed by atoms with Crippen molar-refractivity contribution in [3.63, 3.8) is 0 Å². The summed E-state index contributed by atoms with van der Waals surface area (Å²) in [6.07, 6.45) is 2.55. The summed E-state index contributed by atoms with van der Waals surface area (Å²) in [4.78, 5) is 32.0. The zero-order valence-electron chi connectivity index (χ0n) is 15.2. The van der Waals surface area contributed by atoms with Crippen LogP contribution in [0.4, 0.5) is 0 Å². The first-order valence-corrected chi connectivity index (χ1v) is 8.69. The first-order valence-electron chi connectivity index (χ1n) is 8.69. The number of furan rings is 1. The molecule has 3 heterocycles. The second kappa shape index (κ2) is 7.00. The molecule has 7 nitrogen and oxygen atoms in total. The fourth-order valence-electron chi connectivity index (χ4n) is 3.73. The number of carbonyl (C=O) groups excluding carboxylic acids is 1. The van der Waals surface area contributed by atoms with Gasteiger partial charge in [-0.2, -0.15) is 0 Å². The molecule has 0 spiro atoms. The zero-order valence-corrected chi connectivity index (χ0v) is 15.2. The molecule has 2 aromatic heterocycles. The van der Waals surface area contributed by atoms with E-state index in [1.807, 2.05) is 4.90 Å². The summed E-state index contributed by atoms with van der Waals surface area (Å²) in [5.74, 6) is 1.20. The summed E-state index contributed by atoms with van der Waals surface area (Å²) >= 11 is 0. The molecule has 2 atom stereocenters. The standard InChI is InChI=1S/C18H25N3O4/c1-11-7-12(2)9-21(8-11)17(22)14-13(3)25-16-15(14)18(23)20(10-19-16)5-6-24-4/h10-12H,5-9H2,1-4H3.